The summed E-state index contributed by atoms with van der Waals surface area (Å²) in [5.41, 5.74) is 7.50. The molecule has 0 aromatic heterocycles. The lowest BCUT2D eigenvalue weighted by Crippen LogP contribution is -2.28. The summed E-state index contributed by atoms with van der Waals surface area (Å²) in [6.07, 6.45) is 2.55. The standard InChI is InChI=1S/C7H16N2O/c1-6(10)7(9)4-2-3-5-8/h7H,2-5,8-9H2,1H3/t7-/m0/s1/i/hT. The highest BCUT2D eigenvalue weighted by molar-refractivity contribution is 5.80. The van der Waals surface area contributed by atoms with Gasteiger partial charge in [0.2, 0.25) is 0 Å². The summed E-state index contributed by atoms with van der Waals surface area (Å²) in [7, 11) is 0. The minimum absolute atomic E-state index is 0.0250. The number of unbranched alkanes of at least 4 members (excludes halogenated alkanes) is 1. The molecule has 3 heteroatoms. The van der Waals surface area contributed by atoms with Crippen LogP contribution in [0.4, 0.5) is 0 Å². The molecule has 0 fully saturated rings. The Hall–Kier alpha value is -0.410. The van der Waals surface area contributed by atoms with Crippen LogP contribution in [0.3, 0.4) is 0 Å². The van der Waals surface area contributed by atoms with Crippen molar-refractivity contribution >= 4 is 5.78 Å². The second kappa shape index (κ2) is 5.38. The first-order valence-corrected chi connectivity index (χ1v) is 3.60. The van der Waals surface area contributed by atoms with Crippen LogP contribution < -0.4 is 11.5 Å². The largest absolute Gasteiger partial charge is 0.330 e. The molecule has 1 atom stereocenters. The van der Waals surface area contributed by atoms with Gasteiger partial charge in [-0.2, -0.15) is 0 Å². The monoisotopic (exact) mass is 146 g/mol. The molecule has 0 aliphatic heterocycles. The second-order valence-electron chi connectivity index (χ2n) is 2.45. The van der Waals surface area contributed by atoms with Crippen LogP contribution in [-0.2, 0) is 4.79 Å². The van der Waals surface area contributed by atoms with Gasteiger partial charge < -0.3 is 11.5 Å². The van der Waals surface area contributed by atoms with Crippen molar-refractivity contribution in [2.24, 2.45) is 11.5 Å². The predicted octanol–water partition coefficient (Wildman–Crippen LogP) is 0.0317. The number of hydrogen-bond acceptors (Lipinski definition) is 3. The zero-order chi connectivity index (χ0) is 8.69. The summed E-state index contributed by atoms with van der Waals surface area (Å²) in [6.45, 7) is 2.15. The van der Waals surface area contributed by atoms with Crippen molar-refractivity contribution < 1.29 is 6.21 Å². The zero-order valence-corrected chi connectivity index (χ0v) is 6.39. The summed E-state index contributed by atoms with van der Waals surface area (Å²) in [5, 5.41) is 0. The van der Waals surface area contributed by atoms with Crippen molar-refractivity contribution in [3.63, 3.8) is 0 Å². The molecule has 10 heavy (non-hydrogen) atoms. The quantitative estimate of drug-likeness (QED) is 0.519. The minimum atomic E-state index is -0.304. The Morgan fingerprint density at radius 2 is 2.40 bits per heavy atom. The van der Waals surface area contributed by atoms with E-state index in [4.69, 9.17) is 7.15 Å². The number of nitrogens with two attached hydrogens (primary N) is 2. The lowest BCUT2D eigenvalue weighted by molar-refractivity contribution is -0.118. The molecular weight excluding hydrogens is 128 g/mol. The molecule has 0 aromatic carbocycles. The molecule has 0 rings (SSSR count). The van der Waals surface area contributed by atoms with Gasteiger partial charge in [-0.3, -0.25) is 4.79 Å². The van der Waals surface area contributed by atoms with Crippen LogP contribution in [0.2, 0.25) is 1.41 Å². The molecule has 0 bridgehead atoms. The zero-order valence-electron chi connectivity index (χ0n) is 7.39. The summed E-state index contributed by atoms with van der Waals surface area (Å²) in [6, 6.07) is -0.304. The van der Waals surface area contributed by atoms with Gasteiger partial charge in [-0.1, -0.05) is 6.42 Å². The third kappa shape index (κ3) is 4.47. The normalized spacial score (nSPS) is 14.4. The van der Waals surface area contributed by atoms with Crippen LogP contribution in [0.25, 0.3) is 0 Å². The number of rotatable bonds is 6. The molecule has 0 aliphatic rings. The molecule has 0 unspecified atom stereocenters. The Kier molecular flexibility index (Phi) is 4.14. The molecule has 3 nitrogen and oxygen atoms in total. The van der Waals surface area contributed by atoms with Gasteiger partial charge in [0.15, 0.2) is 0 Å². The van der Waals surface area contributed by atoms with Crippen LogP contribution >= 0.6 is 0 Å². The highest BCUT2D eigenvalue weighted by Gasteiger charge is 2.05. The molecule has 60 valence electrons. The van der Waals surface area contributed by atoms with Crippen LogP contribution in [0.1, 0.15) is 26.2 Å². The van der Waals surface area contributed by atoms with Crippen molar-refractivity contribution in [2.75, 3.05) is 6.54 Å². The number of ketones is 1. The molecular formula is C7H16N2O. The second-order valence-corrected chi connectivity index (χ2v) is 2.45. The molecule has 0 saturated carbocycles. The molecule has 0 heterocycles. The van der Waals surface area contributed by atoms with Gasteiger partial charge in [0.25, 0.3) is 0 Å². The first kappa shape index (κ1) is 7.69. The summed E-state index contributed by atoms with van der Waals surface area (Å²) < 4.78 is 6.82. The number of carbonyl (C=O) groups excluding carboxylic acids is 1. The Morgan fingerprint density at radius 3 is 2.80 bits per heavy atom. The van der Waals surface area contributed by atoms with E-state index in [0.717, 1.165) is 19.3 Å². The Bertz CT molecular complexity index is 119. The topological polar surface area (TPSA) is 69.1 Å². The molecule has 0 saturated heterocycles. The lowest BCUT2D eigenvalue weighted by atomic mass is 10.1. The summed E-state index contributed by atoms with van der Waals surface area (Å²) in [4.78, 5) is 10.8. The molecule has 0 spiro atoms. The average Bonchev–Trinajstić information content (AvgIpc) is 1.97. The van der Waals surface area contributed by atoms with Gasteiger partial charge in [0, 0.05) is 0 Å². The van der Waals surface area contributed by atoms with Crippen molar-refractivity contribution in [1.29, 1.82) is 0 Å². The lowest BCUT2D eigenvalue weighted by Gasteiger charge is -2.05. The van der Waals surface area contributed by atoms with E-state index in [-0.39, 0.29) is 11.8 Å². The number of Topliss-reactive ketones (excluding diaryl/α,β-unsaturated/α-hetero) is 1. The number of hydrogen-bond donors (Lipinski definition) is 2. The maximum atomic E-state index is 10.8. The van der Waals surface area contributed by atoms with E-state index in [2.05, 4.69) is 5.73 Å². The van der Waals surface area contributed by atoms with E-state index in [1.54, 1.807) is 0 Å². The smallest absolute Gasteiger partial charge is 0.146 e. The average molecular weight is 146 g/mol. The van der Waals surface area contributed by atoms with Crippen LogP contribution in [-0.4, -0.2) is 18.4 Å². The van der Waals surface area contributed by atoms with Crippen molar-refractivity contribution in [3.8, 4) is 0 Å². The van der Waals surface area contributed by atoms with E-state index in [1.165, 1.54) is 6.92 Å². The molecule has 0 aromatic rings. The van der Waals surface area contributed by atoms with E-state index in [9.17, 15) is 4.79 Å². The summed E-state index contributed by atoms with van der Waals surface area (Å²) >= 11 is 0. The van der Waals surface area contributed by atoms with Gasteiger partial charge in [-0.15, -0.1) is 0 Å². The highest BCUT2D eigenvalue weighted by Crippen LogP contribution is 1.97. The van der Waals surface area contributed by atoms with Gasteiger partial charge in [0.05, 0.1) is 6.04 Å². The van der Waals surface area contributed by atoms with Crippen LogP contribution in [0.5, 0.6) is 0 Å². The maximum absolute atomic E-state index is 10.8. The fourth-order valence-corrected chi connectivity index (χ4v) is 0.696. The molecule has 4 N–H and O–H groups in total. The Morgan fingerprint density at radius 1 is 1.70 bits per heavy atom. The molecule has 0 radical (unpaired) electrons. The Labute approximate surface area is 63.2 Å². The Balaban J connectivity index is 3.44. The van der Waals surface area contributed by atoms with Crippen molar-refractivity contribution in [3.05, 3.63) is 0 Å². The van der Waals surface area contributed by atoms with Gasteiger partial charge in [-0.25, -0.2) is 0 Å². The van der Waals surface area contributed by atoms with Crippen LogP contribution in [0, 0.1) is 0 Å². The minimum Gasteiger partial charge on any atom is -0.330 e. The fraction of sp³-hybridized carbons (Fsp3) is 0.857. The van der Waals surface area contributed by atoms with Gasteiger partial charge in [0.1, 0.15) is 7.20 Å². The predicted molar refractivity (Wildman–Crippen MR) is 41.6 cm³/mol. The van der Waals surface area contributed by atoms with E-state index in [1.807, 2.05) is 0 Å². The SMILES string of the molecule is [3H]N[C@@H](CCCCN)C(C)=O. The molecule has 0 amide bonds. The van der Waals surface area contributed by atoms with E-state index >= 15 is 0 Å². The first-order valence-electron chi connectivity index (χ1n) is 4.10. The first-order chi connectivity index (χ1) is 5.22. The third-order valence-electron chi connectivity index (χ3n) is 1.44. The van der Waals surface area contributed by atoms with E-state index < -0.39 is 0 Å². The third-order valence-corrected chi connectivity index (χ3v) is 1.44. The van der Waals surface area contributed by atoms with E-state index in [0.29, 0.717) is 6.54 Å². The fourth-order valence-electron chi connectivity index (χ4n) is 0.696. The van der Waals surface area contributed by atoms with Crippen LogP contribution in [0.15, 0.2) is 0 Å². The van der Waals surface area contributed by atoms with Gasteiger partial charge >= 0.3 is 0 Å². The molecule has 0 aliphatic carbocycles. The van der Waals surface area contributed by atoms with Crippen molar-refractivity contribution in [2.45, 2.75) is 32.2 Å². The van der Waals surface area contributed by atoms with Gasteiger partial charge in [-0.05, 0) is 26.3 Å². The summed E-state index contributed by atoms with van der Waals surface area (Å²) in [5.74, 6) is 0.0250. The number of carbonyl (C=O) groups is 1. The van der Waals surface area contributed by atoms with Crippen molar-refractivity contribution in [1.82, 2.24) is 0 Å². The maximum Gasteiger partial charge on any atom is 0.146 e. The highest BCUT2D eigenvalue weighted by atomic mass is 16.1.